The molecular weight excluding hydrogens is 344 g/mol. The fraction of sp³-hybridized carbons (Fsp3) is 0.591. The van der Waals surface area contributed by atoms with Gasteiger partial charge in [-0.2, -0.15) is 0 Å². The second kappa shape index (κ2) is 13.5. The van der Waals surface area contributed by atoms with Crippen LogP contribution in [0.15, 0.2) is 48.6 Å². The molecule has 0 saturated heterocycles. The largest absolute Gasteiger partial charge is 0.481 e. The number of hydrogen-bond donors (Lipinski definition) is 4. The number of carboxylic acids is 1. The summed E-state index contributed by atoms with van der Waals surface area (Å²) in [5.74, 6) is -1.03. The van der Waals surface area contributed by atoms with Crippen molar-refractivity contribution in [3.8, 4) is 0 Å². The van der Waals surface area contributed by atoms with Crippen molar-refractivity contribution in [2.24, 2.45) is 11.8 Å². The summed E-state index contributed by atoms with van der Waals surface area (Å²) in [6, 6.07) is 0. The van der Waals surface area contributed by atoms with Gasteiger partial charge in [-0.05, 0) is 38.0 Å². The lowest BCUT2D eigenvalue weighted by Crippen LogP contribution is -2.20. The Morgan fingerprint density at radius 1 is 1.07 bits per heavy atom. The van der Waals surface area contributed by atoms with Crippen molar-refractivity contribution in [2.45, 2.75) is 70.2 Å². The van der Waals surface area contributed by atoms with Crippen molar-refractivity contribution < 1.29 is 25.2 Å². The Morgan fingerprint density at radius 2 is 1.81 bits per heavy atom. The Morgan fingerprint density at radius 3 is 2.52 bits per heavy atom. The van der Waals surface area contributed by atoms with Gasteiger partial charge in [0.25, 0.3) is 0 Å². The van der Waals surface area contributed by atoms with Gasteiger partial charge in [0.15, 0.2) is 0 Å². The molecule has 0 aromatic heterocycles. The molecule has 1 aliphatic rings. The van der Waals surface area contributed by atoms with E-state index in [-0.39, 0.29) is 18.3 Å². The molecule has 0 heterocycles. The van der Waals surface area contributed by atoms with Crippen molar-refractivity contribution >= 4 is 5.97 Å². The summed E-state index contributed by atoms with van der Waals surface area (Å²) in [4.78, 5) is 10.4. The molecule has 1 fully saturated rings. The molecular formula is C22H34O5. The lowest BCUT2D eigenvalue weighted by molar-refractivity contribution is -0.136. The Kier molecular flexibility index (Phi) is 11.7. The van der Waals surface area contributed by atoms with Gasteiger partial charge in [-0.3, -0.25) is 4.79 Å². The van der Waals surface area contributed by atoms with Crippen LogP contribution >= 0.6 is 0 Å². The quantitative estimate of drug-likeness (QED) is 0.390. The maximum atomic E-state index is 10.4. The molecule has 4 N–H and O–H groups in total. The monoisotopic (exact) mass is 378 g/mol. The minimum Gasteiger partial charge on any atom is -0.481 e. The number of aliphatic hydroxyl groups excluding tert-OH is 3. The predicted molar refractivity (Wildman–Crippen MR) is 107 cm³/mol. The molecule has 1 saturated carbocycles. The van der Waals surface area contributed by atoms with Crippen LogP contribution in [0.5, 0.6) is 0 Å². The van der Waals surface area contributed by atoms with Crippen LogP contribution in [-0.4, -0.2) is 44.7 Å². The molecule has 1 aliphatic carbocycles. The molecule has 1 rings (SSSR count). The maximum absolute atomic E-state index is 10.4. The standard InChI is InChI=1S/C22H34O5/c1-2-3-8-11-17(23)14-15-19-18(20(24)16-21(19)25)12-9-6-4-5-7-10-13-22(26)27/h3,5-9,14-15,17-21,23-25H,2,4,10-13,16H2,1H3,(H,26,27)/b7-5-,8-3-,9-6-,15-14+/t17-,18-,19-,20+,21-/m0/s1. The van der Waals surface area contributed by atoms with E-state index in [1.54, 1.807) is 6.08 Å². The van der Waals surface area contributed by atoms with Gasteiger partial charge in [0.1, 0.15) is 0 Å². The van der Waals surface area contributed by atoms with Crippen LogP contribution in [0.2, 0.25) is 0 Å². The number of aliphatic carboxylic acids is 1. The highest BCUT2D eigenvalue weighted by Gasteiger charge is 2.39. The summed E-state index contributed by atoms with van der Waals surface area (Å²) in [5, 5.41) is 39.0. The number of carboxylic acid groups (broad SMARTS) is 1. The molecule has 0 aromatic rings. The Balaban J connectivity index is 2.47. The van der Waals surface area contributed by atoms with Gasteiger partial charge in [0, 0.05) is 18.8 Å². The van der Waals surface area contributed by atoms with Gasteiger partial charge < -0.3 is 20.4 Å². The molecule has 0 radical (unpaired) electrons. The zero-order valence-corrected chi connectivity index (χ0v) is 16.2. The molecule has 0 aliphatic heterocycles. The SMILES string of the molecule is CC/C=C\C[C@H](O)/C=C/[C@H]1[C@H](C/C=C\C/C=C\CCC(=O)O)[C@H](O)C[C@@H]1O. The molecule has 0 bridgehead atoms. The molecule has 0 aromatic carbocycles. The molecule has 27 heavy (non-hydrogen) atoms. The average molecular weight is 379 g/mol. The third-order valence-electron chi connectivity index (χ3n) is 4.79. The minimum atomic E-state index is -0.797. The zero-order chi connectivity index (χ0) is 20.1. The van der Waals surface area contributed by atoms with Gasteiger partial charge in [-0.25, -0.2) is 0 Å². The molecule has 152 valence electrons. The summed E-state index contributed by atoms with van der Waals surface area (Å²) in [6.07, 6.45) is 17.4. The molecule has 0 spiro atoms. The van der Waals surface area contributed by atoms with Crippen LogP contribution in [0.1, 0.15) is 51.9 Å². The molecule has 5 nitrogen and oxygen atoms in total. The summed E-state index contributed by atoms with van der Waals surface area (Å²) < 4.78 is 0. The molecule has 5 atom stereocenters. The van der Waals surface area contributed by atoms with E-state index >= 15 is 0 Å². The van der Waals surface area contributed by atoms with Gasteiger partial charge >= 0.3 is 5.97 Å². The van der Waals surface area contributed by atoms with E-state index in [0.29, 0.717) is 32.1 Å². The van der Waals surface area contributed by atoms with E-state index in [4.69, 9.17) is 5.11 Å². The summed E-state index contributed by atoms with van der Waals surface area (Å²) >= 11 is 0. The van der Waals surface area contributed by atoms with Gasteiger partial charge in [-0.1, -0.05) is 55.5 Å². The first-order valence-electron chi connectivity index (χ1n) is 9.85. The minimum absolute atomic E-state index is 0.0677. The second-order valence-electron chi connectivity index (χ2n) is 7.03. The maximum Gasteiger partial charge on any atom is 0.303 e. The summed E-state index contributed by atoms with van der Waals surface area (Å²) in [7, 11) is 0. The molecule has 5 heteroatoms. The van der Waals surface area contributed by atoms with Crippen molar-refractivity contribution in [2.75, 3.05) is 0 Å². The van der Waals surface area contributed by atoms with Crippen LogP contribution in [0, 0.1) is 11.8 Å². The van der Waals surface area contributed by atoms with E-state index in [1.165, 1.54) is 0 Å². The molecule has 0 unspecified atom stereocenters. The van der Waals surface area contributed by atoms with Crippen molar-refractivity contribution in [1.29, 1.82) is 0 Å². The van der Waals surface area contributed by atoms with Crippen LogP contribution in [0.4, 0.5) is 0 Å². The fourth-order valence-electron chi connectivity index (χ4n) is 3.29. The van der Waals surface area contributed by atoms with E-state index in [1.807, 2.05) is 49.5 Å². The second-order valence-corrected chi connectivity index (χ2v) is 7.03. The number of hydrogen-bond acceptors (Lipinski definition) is 4. The van der Waals surface area contributed by atoms with Crippen molar-refractivity contribution in [3.05, 3.63) is 48.6 Å². The van der Waals surface area contributed by atoms with E-state index in [9.17, 15) is 20.1 Å². The number of rotatable bonds is 12. The predicted octanol–water partition coefficient (Wildman–Crippen LogP) is 3.38. The summed E-state index contributed by atoms with van der Waals surface area (Å²) in [5.41, 5.74) is 0. The van der Waals surface area contributed by atoms with Crippen LogP contribution in [0.3, 0.4) is 0 Å². The smallest absolute Gasteiger partial charge is 0.303 e. The highest BCUT2D eigenvalue weighted by atomic mass is 16.4. The number of aliphatic hydroxyl groups is 3. The van der Waals surface area contributed by atoms with E-state index in [0.717, 1.165) is 6.42 Å². The first-order valence-corrected chi connectivity index (χ1v) is 9.85. The Labute approximate surface area is 162 Å². The zero-order valence-electron chi connectivity index (χ0n) is 16.2. The van der Waals surface area contributed by atoms with E-state index in [2.05, 4.69) is 0 Å². The first kappa shape index (κ1) is 23.3. The Bertz CT molecular complexity index is 535. The molecule has 0 amide bonds. The topological polar surface area (TPSA) is 98.0 Å². The lowest BCUT2D eigenvalue weighted by atomic mass is 9.89. The van der Waals surface area contributed by atoms with Crippen molar-refractivity contribution in [3.63, 3.8) is 0 Å². The highest BCUT2D eigenvalue weighted by Crippen LogP contribution is 2.36. The lowest BCUT2D eigenvalue weighted by Gasteiger charge is -2.19. The van der Waals surface area contributed by atoms with Crippen LogP contribution < -0.4 is 0 Å². The van der Waals surface area contributed by atoms with Gasteiger partial charge in [-0.15, -0.1) is 0 Å². The van der Waals surface area contributed by atoms with Crippen LogP contribution in [-0.2, 0) is 4.79 Å². The van der Waals surface area contributed by atoms with Crippen LogP contribution in [0.25, 0.3) is 0 Å². The highest BCUT2D eigenvalue weighted by molar-refractivity contribution is 5.66. The fourth-order valence-corrected chi connectivity index (χ4v) is 3.29. The van der Waals surface area contributed by atoms with Gasteiger partial charge in [0.05, 0.1) is 18.3 Å². The third-order valence-corrected chi connectivity index (χ3v) is 4.79. The van der Waals surface area contributed by atoms with E-state index < -0.39 is 24.3 Å². The van der Waals surface area contributed by atoms with Crippen molar-refractivity contribution in [1.82, 2.24) is 0 Å². The Hall–Kier alpha value is -1.69. The average Bonchev–Trinajstić information content (AvgIpc) is 2.88. The number of carbonyl (C=O) groups is 1. The first-order chi connectivity index (χ1) is 13.0. The normalized spacial score (nSPS) is 27.6. The summed E-state index contributed by atoms with van der Waals surface area (Å²) in [6.45, 7) is 2.04. The number of allylic oxidation sites excluding steroid dienone is 5. The third kappa shape index (κ3) is 9.70. The van der Waals surface area contributed by atoms with Gasteiger partial charge in [0.2, 0.25) is 0 Å².